The smallest absolute Gasteiger partial charge is 0.135 e. The minimum absolute atomic E-state index is 0. The van der Waals surface area contributed by atoms with E-state index in [2.05, 4.69) is 102 Å². The second-order valence-electron chi connectivity index (χ2n) is 21.9. The molecule has 1 aliphatic heterocycles. The topological polar surface area (TPSA) is 35.2 Å². The van der Waals surface area contributed by atoms with Gasteiger partial charge in [-0.05, 0) is 135 Å². The van der Waals surface area contributed by atoms with Crippen LogP contribution in [0.5, 0.6) is 11.5 Å². The van der Waals surface area contributed by atoms with E-state index in [-0.39, 0.29) is 32.0 Å². The molecule has 0 amide bonds. The second kappa shape index (κ2) is 18.5. The van der Waals surface area contributed by atoms with Crippen molar-refractivity contribution in [3.8, 4) is 28.4 Å². The van der Waals surface area contributed by atoms with Crippen LogP contribution in [0.3, 0.4) is 0 Å². The summed E-state index contributed by atoms with van der Waals surface area (Å²) in [7, 11) is 0. The van der Waals surface area contributed by atoms with E-state index < -0.39 is 37.3 Å². The zero-order chi connectivity index (χ0) is 59.8. The average molecular weight is 1170 g/mol. The van der Waals surface area contributed by atoms with E-state index in [9.17, 15) is 1.37 Å². The van der Waals surface area contributed by atoms with Crippen LogP contribution in [0.1, 0.15) is 118 Å². The minimum atomic E-state index is -3.50. The first kappa shape index (κ1) is 39.1. The third-order valence-corrected chi connectivity index (χ3v) is 14.6. The summed E-state index contributed by atoms with van der Waals surface area (Å²) in [5.41, 5.74) is 3.79. The number of nitrogens with zero attached hydrogens (tertiary/aromatic N) is 4. The average Bonchev–Trinajstić information content (AvgIpc) is 1.37. The van der Waals surface area contributed by atoms with E-state index in [4.69, 9.17) is 22.1 Å². The molecule has 0 saturated carbocycles. The molecule has 4 heterocycles. The van der Waals surface area contributed by atoms with Crippen molar-refractivity contribution in [1.82, 2.24) is 14.1 Å². The molecule has 0 saturated heterocycles. The van der Waals surface area contributed by atoms with Gasteiger partial charge in [-0.15, -0.1) is 35.7 Å². The SMILES string of the molecule is [2H]C(C)(C)c1cccc2c3cccc4c3n(c3c(-c5cc(C(C)(C)C)cc(C(C([2H])([2H])[2H])(C([2H])([2H])[2H])C([2H])([2H])[2H])c5)cccc3c3ccccc3c12)[CH-]N4c1[c-]c(Oc2[c-]c3c(cc2)c2ccccc2n3-c2cc(C(C)(C)C)ccn2)ccc1.[Pt]. The van der Waals surface area contributed by atoms with Crippen molar-refractivity contribution >= 4 is 76.5 Å². The number of rotatable bonds is 6. The summed E-state index contributed by atoms with van der Waals surface area (Å²) in [6, 6.07) is 60.4. The second-order valence-corrected chi connectivity index (χ2v) is 21.9. The monoisotopic (exact) mass is 1170 g/mol. The fourth-order valence-electron chi connectivity index (χ4n) is 10.8. The standard InChI is InChI=1S/C69H63N4O.Pt/c1-43(2)51-25-17-27-57-59-29-19-31-61-66(59)72(65-52(26-18-28-58(65)53-22-12-13-24-56(53)64(51)57)44-36-46(68(6,7)8)38-47(37-44)69(9,10)11)42-71(61)48-20-16-21-49(40-48)74-50-32-33-55-54-23-14-15-30-60(54)73(62(55)41-50)63-39-45(34-35-70-63)67(3,4)5;/h12-39,42-43H,1-11H3;/q-3;/i6D3,7D3,8D3,43D;. The van der Waals surface area contributed by atoms with Crippen LogP contribution in [-0.2, 0) is 37.3 Å². The maximum absolute atomic E-state index is 9.60. The van der Waals surface area contributed by atoms with Gasteiger partial charge in [0.15, 0.2) is 0 Å². The van der Waals surface area contributed by atoms with Gasteiger partial charge in [0.1, 0.15) is 5.82 Å². The van der Waals surface area contributed by atoms with Gasteiger partial charge in [0.25, 0.3) is 0 Å². The molecular weight excluding hydrogens is 1100 g/mol. The normalized spacial score (nSPS) is 15.4. The number of anilines is 2. The van der Waals surface area contributed by atoms with Crippen LogP contribution < -0.4 is 9.64 Å². The van der Waals surface area contributed by atoms with Gasteiger partial charge in [-0.3, -0.25) is 0 Å². The molecule has 378 valence electrons. The fraction of sp³-hybridized carbons (Fsp3) is 0.217. The van der Waals surface area contributed by atoms with Crippen molar-refractivity contribution in [3.05, 3.63) is 211 Å². The molecule has 8 aromatic carbocycles. The van der Waals surface area contributed by atoms with E-state index in [1.165, 1.54) is 12.1 Å². The van der Waals surface area contributed by atoms with Crippen LogP contribution in [0.4, 0.5) is 11.4 Å². The van der Waals surface area contributed by atoms with Crippen molar-refractivity contribution in [1.29, 1.82) is 0 Å². The summed E-state index contributed by atoms with van der Waals surface area (Å²) >= 11 is 0. The van der Waals surface area contributed by atoms with Crippen molar-refractivity contribution in [2.75, 3.05) is 4.90 Å². The zero-order valence-electron chi connectivity index (χ0n) is 53.3. The van der Waals surface area contributed by atoms with Gasteiger partial charge < -0.3 is 18.8 Å². The van der Waals surface area contributed by atoms with Crippen LogP contribution in [0.15, 0.2) is 170 Å². The maximum Gasteiger partial charge on any atom is 0.135 e. The summed E-state index contributed by atoms with van der Waals surface area (Å²) in [6.45, 7) is 7.64. The molecule has 75 heavy (non-hydrogen) atoms. The van der Waals surface area contributed by atoms with Gasteiger partial charge in [-0.2, -0.15) is 12.1 Å². The molecule has 0 radical (unpaired) electrons. The van der Waals surface area contributed by atoms with Crippen molar-refractivity contribution in [2.45, 2.75) is 98.1 Å². The van der Waals surface area contributed by atoms with Gasteiger partial charge in [-0.25, -0.2) is 4.98 Å². The molecular formula is C69H63N4OPt-3. The van der Waals surface area contributed by atoms with Gasteiger partial charge in [-0.1, -0.05) is 196 Å². The number of hydrogen-bond acceptors (Lipinski definition) is 3. The molecule has 11 aromatic rings. The largest absolute Gasteiger partial charge is 0.509 e. The van der Waals surface area contributed by atoms with E-state index in [0.717, 1.165) is 82.3 Å². The molecule has 1 aliphatic rings. The Kier molecular flexibility index (Phi) is 9.65. The number of ether oxygens (including phenoxy) is 1. The first-order valence-corrected chi connectivity index (χ1v) is 25.2. The summed E-state index contributed by atoms with van der Waals surface area (Å²) in [4.78, 5) is 6.92. The van der Waals surface area contributed by atoms with Crippen LogP contribution in [0.2, 0.25) is 0 Å². The van der Waals surface area contributed by atoms with Crippen LogP contribution >= 0.6 is 0 Å². The Bertz CT molecular complexity index is 4520. The molecule has 0 bridgehead atoms. The molecule has 0 spiro atoms. The Hall–Kier alpha value is -7.33. The summed E-state index contributed by atoms with van der Waals surface area (Å²) in [5, 5.41) is 7.20. The minimum Gasteiger partial charge on any atom is -0.509 e. The third kappa shape index (κ3) is 8.64. The summed E-state index contributed by atoms with van der Waals surface area (Å²) < 4.78 is 100. The molecule has 0 fully saturated rings. The van der Waals surface area contributed by atoms with Gasteiger partial charge in [0, 0.05) is 63.7 Å². The Morgan fingerprint density at radius 1 is 0.573 bits per heavy atom. The Morgan fingerprint density at radius 2 is 1.20 bits per heavy atom. The van der Waals surface area contributed by atoms with Crippen molar-refractivity contribution in [3.63, 3.8) is 0 Å². The van der Waals surface area contributed by atoms with E-state index in [1.807, 2.05) is 145 Å². The van der Waals surface area contributed by atoms with Crippen LogP contribution in [0, 0.1) is 18.8 Å². The first-order valence-electron chi connectivity index (χ1n) is 30.2. The van der Waals surface area contributed by atoms with E-state index >= 15 is 0 Å². The number of pyridine rings is 1. The Balaban J connectivity index is 0.00000752. The molecule has 0 unspecified atom stereocenters. The first-order chi connectivity index (χ1) is 39.5. The predicted molar refractivity (Wildman–Crippen MR) is 312 cm³/mol. The third-order valence-electron chi connectivity index (χ3n) is 14.6. The summed E-state index contributed by atoms with van der Waals surface area (Å²) in [5.74, 6) is 0.636. The van der Waals surface area contributed by atoms with Gasteiger partial charge in [0.2, 0.25) is 0 Å². The van der Waals surface area contributed by atoms with Crippen LogP contribution in [0.25, 0.3) is 82.1 Å². The molecule has 12 rings (SSSR count). The predicted octanol–water partition coefficient (Wildman–Crippen LogP) is 18.9. The Labute approximate surface area is 470 Å². The molecule has 0 aliphatic carbocycles. The quantitative estimate of drug-likeness (QED) is 0.156. The zero-order valence-corrected chi connectivity index (χ0v) is 45.5. The number of fused-ring (bicyclic) bond motifs is 10. The van der Waals surface area contributed by atoms with E-state index in [1.54, 1.807) is 0 Å². The fourth-order valence-corrected chi connectivity index (χ4v) is 10.8. The van der Waals surface area contributed by atoms with Crippen molar-refractivity contribution < 1.29 is 39.5 Å². The number of hydrogen-bond donors (Lipinski definition) is 0. The van der Waals surface area contributed by atoms with Crippen LogP contribution in [-0.4, -0.2) is 14.1 Å². The molecule has 5 nitrogen and oxygen atoms in total. The number of para-hydroxylation sites is 3. The summed E-state index contributed by atoms with van der Waals surface area (Å²) in [6.07, 6.45) is 1.85. The maximum atomic E-state index is 9.60. The van der Waals surface area contributed by atoms with E-state index in [0.29, 0.717) is 39.4 Å². The van der Waals surface area contributed by atoms with Gasteiger partial charge >= 0.3 is 0 Å². The molecule has 6 heteroatoms. The van der Waals surface area contributed by atoms with Crippen molar-refractivity contribution in [2.24, 2.45) is 0 Å². The Morgan fingerprint density at radius 3 is 1.95 bits per heavy atom. The number of benzene rings is 8. The molecule has 0 N–H and O–H groups in total. The molecule has 0 atom stereocenters. The molecule has 3 aromatic heterocycles. The van der Waals surface area contributed by atoms with Gasteiger partial charge in [0.05, 0.1) is 0 Å². The number of aromatic nitrogens is 3.